The maximum atomic E-state index is 14.3. The highest BCUT2D eigenvalue weighted by molar-refractivity contribution is 7.91. The molecule has 3 aromatic heterocycles. The molecule has 1 aromatic carbocycles. The minimum atomic E-state index is -3.98. The third-order valence-corrected chi connectivity index (χ3v) is 11.0. The largest absolute Gasteiger partial charge is 0.494 e. The Labute approximate surface area is 252 Å². The lowest BCUT2D eigenvalue weighted by Crippen LogP contribution is -2.36. The molecule has 2 fully saturated rings. The number of aromatic nitrogens is 4. The van der Waals surface area contributed by atoms with Crippen LogP contribution in [0.1, 0.15) is 30.7 Å². The SMILES string of the molecule is COc1ccc(S(=O)(=O)C[C@H]2C[C@@H](Nc3nc(NCC4CC4)nc(C)c3-c3nc4c(C)nccc4s3)[C@H](O)[C@@H]2O)cc1F. The van der Waals surface area contributed by atoms with Gasteiger partial charge in [-0.05, 0) is 63.3 Å². The molecular weight excluding hydrogens is 595 g/mol. The summed E-state index contributed by atoms with van der Waals surface area (Å²) in [5, 5.41) is 29.2. The van der Waals surface area contributed by atoms with Crippen molar-refractivity contribution in [3.63, 3.8) is 0 Å². The van der Waals surface area contributed by atoms with E-state index in [1.165, 1.54) is 30.6 Å². The molecule has 14 heteroatoms. The average molecular weight is 629 g/mol. The van der Waals surface area contributed by atoms with Crippen LogP contribution in [0, 0.1) is 31.5 Å². The van der Waals surface area contributed by atoms with Gasteiger partial charge in [0.25, 0.3) is 0 Å². The van der Waals surface area contributed by atoms with E-state index < -0.39 is 45.6 Å². The van der Waals surface area contributed by atoms with E-state index in [4.69, 9.17) is 14.7 Å². The molecule has 0 amide bonds. The Morgan fingerprint density at radius 1 is 1.09 bits per heavy atom. The van der Waals surface area contributed by atoms with Crippen molar-refractivity contribution in [2.45, 2.75) is 56.3 Å². The Morgan fingerprint density at radius 2 is 1.88 bits per heavy atom. The molecule has 228 valence electrons. The molecular formula is C29H33FN6O5S2. The molecule has 0 radical (unpaired) electrons. The van der Waals surface area contributed by atoms with Crippen molar-refractivity contribution >= 4 is 43.2 Å². The molecule has 4 aromatic rings. The number of pyridine rings is 1. The van der Waals surface area contributed by atoms with Gasteiger partial charge in [-0.15, -0.1) is 11.3 Å². The second-order valence-corrected chi connectivity index (χ2v) is 14.3. The van der Waals surface area contributed by atoms with Gasteiger partial charge in [-0.1, -0.05) is 0 Å². The Balaban J connectivity index is 1.29. The summed E-state index contributed by atoms with van der Waals surface area (Å²) in [6.45, 7) is 4.51. The molecule has 0 saturated heterocycles. The van der Waals surface area contributed by atoms with Gasteiger partial charge in [-0.2, -0.15) is 4.98 Å². The van der Waals surface area contributed by atoms with Gasteiger partial charge in [0.2, 0.25) is 5.95 Å². The first-order chi connectivity index (χ1) is 20.5. The van der Waals surface area contributed by atoms with Gasteiger partial charge < -0.3 is 25.6 Å². The van der Waals surface area contributed by atoms with E-state index in [2.05, 4.69) is 20.6 Å². The fourth-order valence-electron chi connectivity index (χ4n) is 5.49. The summed E-state index contributed by atoms with van der Waals surface area (Å²) in [5.74, 6) is -0.694. The van der Waals surface area contributed by atoms with E-state index in [1.807, 2.05) is 19.9 Å². The minimum absolute atomic E-state index is 0.0685. The highest BCUT2D eigenvalue weighted by Crippen LogP contribution is 2.39. The quantitative estimate of drug-likeness (QED) is 0.203. The topological polar surface area (TPSA) is 159 Å². The molecule has 11 nitrogen and oxygen atoms in total. The van der Waals surface area contributed by atoms with E-state index in [-0.39, 0.29) is 17.1 Å². The summed E-state index contributed by atoms with van der Waals surface area (Å²) in [7, 11) is -2.69. The summed E-state index contributed by atoms with van der Waals surface area (Å²) < 4.78 is 46.4. The molecule has 0 bridgehead atoms. The smallest absolute Gasteiger partial charge is 0.224 e. The summed E-state index contributed by atoms with van der Waals surface area (Å²) in [6, 6.07) is 4.61. The fraction of sp³-hybridized carbons (Fsp3) is 0.448. The van der Waals surface area contributed by atoms with Gasteiger partial charge in [0.1, 0.15) is 22.4 Å². The van der Waals surface area contributed by atoms with Crippen molar-refractivity contribution in [1.29, 1.82) is 0 Å². The van der Waals surface area contributed by atoms with E-state index >= 15 is 0 Å². The number of aryl methyl sites for hydroxylation is 2. The third-order valence-electron chi connectivity index (χ3n) is 8.08. The zero-order chi connectivity index (χ0) is 30.5. The summed E-state index contributed by atoms with van der Waals surface area (Å²) in [4.78, 5) is 18.4. The summed E-state index contributed by atoms with van der Waals surface area (Å²) >= 11 is 1.47. The number of methoxy groups -OCH3 is 1. The molecule has 0 spiro atoms. The minimum Gasteiger partial charge on any atom is -0.494 e. The second kappa shape index (κ2) is 11.6. The van der Waals surface area contributed by atoms with Crippen LogP contribution in [0.2, 0.25) is 0 Å². The van der Waals surface area contributed by atoms with Gasteiger partial charge in [-0.3, -0.25) is 4.98 Å². The lowest BCUT2D eigenvalue weighted by molar-refractivity contribution is 0.0216. The number of thiazole rings is 1. The number of anilines is 2. The number of rotatable bonds is 10. The zero-order valence-electron chi connectivity index (χ0n) is 23.9. The van der Waals surface area contributed by atoms with Crippen LogP contribution in [0.25, 0.3) is 20.8 Å². The maximum Gasteiger partial charge on any atom is 0.224 e. The van der Waals surface area contributed by atoms with Crippen molar-refractivity contribution in [2.75, 3.05) is 30.0 Å². The standard InChI is InChI=1S/C29H33FN6O5S2/c1-14-23(28-35-24-15(2)31-9-8-22(24)42-28)27(36-29(33-14)32-12-16-4-5-16)34-20-10-17(25(37)26(20)38)13-43(39,40)18-6-7-21(41-3)19(30)11-18/h6-9,11,16-17,20,25-26,37-38H,4-5,10,12-13H2,1-3H3,(H2,32,33,34,36)/t17-,20-,25-,26+/m1/s1. The van der Waals surface area contributed by atoms with Crippen LogP contribution in [0.5, 0.6) is 5.75 Å². The third kappa shape index (κ3) is 6.01. The lowest BCUT2D eigenvalue weighted by Gasteiger charge is -2.21. The molecule has 43 heavy (non-hydrogen) atoms. The van der Waals surface area contributed by atoms with Crippen molar-refractivity contribution in [3.8, 4) is 16.3 Å². The van der Waals surface area contributed by atoms with Crippen molar-refractivity contribution in [2.24, 2.45) is 11.8 Å². The van der Waals surface area contributed by atoms with Gasteiger partial charge in [0.15, 0.2) is 21.4 Å². The number of halogens is 1. The van der Waals surface area contributed by atoms with E-state index in [9.17, 15) is 23.0 Å². The first-order valence-electron chi connectivity index (χ1n) is 14.1. The van der Waals surface area contributed by atoms with Crippen LogP contribution < -0.4 is 15.4 Å². The number of nitrogens with one attached hydrogen (secondary N) is 2. The van der Waals surface area contributed by atoms with Crippen LogP contribution in [0.15, 0.2) is 35.4 Å². The van der Waals surface area contributed by atoms with Crippen LogP contribution in [-0.4, -0.2) is 76.2 Å². The number of sulfone groups is 1. The zero-order valence-corrected chi connectivity index (χ0v) is 25.5. The summed E-state index contributed by atoms with van der Waals surface area (Å²) in [5.41, 5.74) is 2.91. The van der Waals surface area contributed by atoms with Gasteiger partial charge in [-0.25, -0.2) is 22.8 Å². The number of benzene rings is 1. The normalized spacial score (nSPS) is 22.2. The Kier molecular flexibility index (Phi) is 7.96. The van der Waals surface area contributed by atoms with E-state index in [1.54, 1.807) is 6.20 Å². The lowest BCUT2D eigenvalue weighted by atomic mass is 10.1. The number of hydrogen-bond acceptors (Lipinski definition) is 12. The molecule has 2 aliphatic rings. The Hall–Kier alpha value is -3.46. The molecule has 0 aliphatic heterocycles. The predicted molar refractivity (Wildman–Crippen MR) is 162 cm³/mol. The number of fused-ring (bicyclic) bond motifs is 1. The second-order valence-electron chi connectivity index (χ2n) is 11.2. The van der Waals surface area contributed by atoms with Gasteiger partial charge in [0.05, 0.1) is 51.6 Å². The molecule has 4 atom stereocenters. The molecule has 0 unspecified atom stereocenters. The molecule has 2 saturated carbocycles. The van der Waals surface area contributed by atoms with E-state index in [0.29, 0.717) is 33.9 Å². The predicted octanol–water partition coefficient (Wildman–Crippen LogP) is 3.73. The van der Waals surface area contributed by atoms with E-state index in [0.717, 1.165) is 41.4 Å². The Morgan fingerprint density at radius 3 is 2.58 bits per heavy atom. The van der Waals surface area contributed by atoms with Crippen LogP contribution in [0.3, 0.4) is 0 Å². The van der Waals surface area contributed by atoms with Crippen molar-refractivity contribution < 1.29 is 27.8 Å². The first-order valence-corrected chi connectivity index (χ1v) is 16.5. The number of aliphatic hydroxyl groups excluding tert-OH is 2. The van der Waals surface area contributed by atoms with Gasteiger partial charge >= 0.3 is 0 Å². The molecule has 6 rings (SSSR count). The first kappa shape index (κ1) is 29.6. The van der Waals surface area contributed by atoms with Crippen LogP contribution in [0.4, 0.5) is 16.2 Å². The number of hydrogen-bond donors (Lipinski definition) is 4. The van der Waals surface area contributed by atoms with Crippen LogP contribution >= 0.6 is 11.3 Å². The van der Waals surface area contributed by atoms with Crippen LogP contribution in [-0.2, 0) is 9.84 Å². The van der Waals surface area contributed by atoms with Crippen molar-refractivity contribution in [3.05, 3.63) is 47.7 Å². The highest BCUT2D eigenvalue weighted by Gasteiger charge is 2.44. The molecule has 4 N–H and O–H groups in total. The highest BCUT2D eigenvalue weighted by atomic mass is 32.2. The molecule has 3 heterocycles. The molecule has 2 aliphatic carbocycles. The van der Waals surface area contributed by atoms with Gasteiger partial charge in [0, 0.05) is 18.7 Å². The average Bonchev–Trinajstić information content (AvgIpc) is 3.64. The number of nitrogens with zero attached hydrogens (tertiary/aromatic N) is 4. The monoisotopic (exact) mass is 628 g/mol. The fourth-order valence-corrected chi connectivity index (χ4v) is 8.24. The summed E-state index contributed by atoms with van der Waals surface area (Å²) in [6.07, 6.45) is 1.58. The van der Waals surface area contributed by atoms with Crippen molar-refractivity contribution in [1.82, 2.24) is 19.9 Å². The number of ether oxygens (including phenoxy) is 1. The Bertz CT molecular complexity index is 1780. The maximum absolute atomic E-state index is 14.3. The number of aliphatic hydroxyl groups is 2.